The first kappa shape index (κ1) is 13.8. The number of hydrogen-bond acceptors (Lipinski definition) is 5. The summed E-state index contributed by atoms with van der Waals surface area (Å²) in [6.45, 7) is 5.17. The Morgan fingerprint density at radius 1 is 1.53 bits per heavy atom. The SMILES string of the molecule is CCOC(=O)c1cccnc1NCC1CCNCC1. The third kappa shape index (κ3) is 3.92. The van der Waals surface area contributed by atoms with Crippen LogP contribution in [0.5, 0.6) is 0 Å². The van der Waals surface area contributed by atoms with Gasteiger partial charge in [0.1, 0.15) is 11.4 Å². The van der Waals surface area contributed by atoms with Crippen LogP contribution in [-0.2, 0) is 4.74 Å². The number of hydrogen-bond donors (Lipinski definition) is 2. The maximum absolute atomic E-state index is 11.8. The number of carbonyl (C=O) groups is 1. The molecule has 0 unspecified atom stereocenters. The van der Waals surface area contributed by atoms with Crippen LogP contribution in [0.1, 0.15) is 30.1 Å². The largest absolute Gasteiger partial charge is 0.462 e. The summed E-state index contributed by atoms with van der Waals surface area (Å²) >= 11 is 0. The molecule has 1 aliphatic rings. The maximum Gasteiger partial charge on any atom is 0.341 e. The second kappa shape index (κ2) is 7.09. The summed E-state index contributed by atoms with van der Waals surface area (Å²) in [5.74, 6) is 0.946. The summed E-state index contributed by atoms with van der Waals surface area (Å²) in [4.78, 5) is 16.0. The van der Waals surface area contributed by atoms with Crippen molar-refractivity contribution in [3.8, 4) is 0 Å². The van der Waals surface area contributed by atoms with Crippen molar-refractivity contribution < 1.29 is 9.53 Å². The highest BCUT2D eigenvalue weighted by atomic mass is 16.5. The lowest BCUT2D eigenvalue weighted by Crippen LogP contribution is -2.31. The van der Waals surface area contributed by atoms with E-state index in [0.717, 1.165) is 32.5 Å². The molecule has 0 aliphatic carbocycles. The number of nitrogens with one attached hydrogen (secondary N) is 2. The van der Waals surface area contributed by atoms with Crippen molar-refractivity contribution in [2.45, 2.75) is 19.8 Å². The van der Waals surface area contributed by atoms with Crippen LogP contribution in [0, 0.1) is 5.92 Å². The number of carbonyl (C=O) groups excluding carboxylic acids is 1. The van der Waals surface area contributed by atoms with Gasteiger partial charge in [0.05, 0.1) is 6.61 Å². The van der Waals surface area contributed by atoms with E-state index in [1.807, 2.05) is 0 Å². The number of anilines is 1. The van der Waals surface area contributed by atoms with Crippen LogP contribution in [0.15, 0.2) is 18.3 Å². The van der Waals surface area contributed by atoms with Gasteiger partial charge in [0.25, 0.3) is 0 Å². The number of piperidine rings is 1. The van der Waals surface area contributed by atoms with Gasteiger partial charge in [0.15, 0.2) is 0 Å². The molecule has 104 valence electrons. The van der Waals surface area contributed by atoms with Gasteiger partial charge in [-0.1, -0.05) is 0 Å². The van der Waals surface area contributed by atoms with E-state index in [4.69, 9.17) is 4.74 Å². The van der Waals surface area contributed by atoms with Crippen LogP contribution in [0.25, 0.3) is 0 Å². The van der Waals surface area contributed by atoms with Gasteiger partial charge < -0.3 is 15.4 Å². The van der Waals surface area contributed by atoms with Crippen molar-refractivity contribution in [2.24, 2.45) is 5.92 Å². The van der Waals surface area contributed by atoms with Crippen LogP contribution in [0.3, 0.4) is 0 Å². The number of esters is 1. The zero-order valence-electron chi connectivity index (χ0n) is 11.3. The van der Waals surface area contributed by atoms with Gasteiger partial charge in [-0.25, -0.2) is 9.78 Å². The van der Waals surface area contributed by atoms with E-state index < -0.39 is 0 Å². The Kier molecular flexibility index (Phi) is 5.15. The highest BCUT2D eigenvalue weighted by molar-refractivity contribution is 5.94. The van der Waals surface area contributed by atoms with Gasteiger partial charge in [-0.15, -0.1) is 0 Å². The minimum Gasteiger partial charge on any atom is -0.462 e. The summed E-state index contributed by atoms with van der Waals surface area (Å²) in [6, 6.07) is 3.50. The van der Waals surface area contributed by atoms with Crippen LogP contribution in [-0.4, -0.2) is 37.2 Å². The molecule has 0 atom stereocenters. The highest BCUT2D eigenvalue weighted by Crippen LogP contribution is 2.16. The third-order valence-corrected chi connectivity index (χ3v) is 3.32. The summed E-state index contributed by atoms with van der Waals surface area (Å²) in [6.07, 6.45) is 4.01. The molecule has 1 aliphatic heterocycles. The first-order chi connectivity index (χ1) is 9.31. The summed E-state index contributed by atoms with van der Waals surface area (Å²) in [5.41, 5.74) is 0.512. The second-order valence-corrected chi connectivity index (χ2v) is 4.69. The summed E-state index contributed by atoms with van der Waals surface area (Å²) in [7, 11) is 0. The van der Waals surface area contributed by atoms with Gasteiger partial charge in [-0.05, 0) is 50.9 Å². The van der Waals surface area contributed by atoms with Crippen LogP contribution in [0.4, 0.5) is 5.82 Å². The van der Waals surface area contributed by atoms with Gasteiger partial charge in [0.2, 0.25) is 0 Å². The normalized spacial score (nSPS) is 16.1. The zero-order valence-corrected chi connectivity index (χ0v) is 11.3. The maximum atomic E-state index is 11.8. The Hall–Kier alpha value is -1.62. The predicted octanol–water partition coefficient (Wildman–Crippen LogP) is 1.67. The van der Waals surface area contributed by atoms with Crippen molar-refractivity contribution in [1.82, 2.24) is 10.3 Å². The fourth-order valence-corrected chi connectivity index (χ4v) is 2.25. The van der Waals surface area contributed by atoms with Crippen molar-refractivity contribution in [1.29, 1.82) is 0 Å². The monoisotopic (exact) mass is 263 g/mol. The lowest BCUT2D eigenvalue weighted by atomic mass is 9.98. The molecule has 2 rings (SSSR count). The molecular weight excluding hydrogens is 242 g/mol. The van der Waals surface area contributed by atoms with Crippen molar-refractivity contribution in [3.05, 3.63) is 23.9 Å². The van der Waals surface area contributed by atoms with Gasteiger partial charge in [-0.3, -0.25) is 0 Å². The van der Waals surface area contributed by atoms with E-state index in [1.165, 1.54) is 0 Å². The smallest absolute Gasteiger partial charge is 0.341 e. The quantitative estimate of drug-likeness (QED) is 0.791. The number of nitrogens with zero attached hydrogens (tertiary/aromatic N) is 1. The number of pyridine rings is 1. The molecule has 0 spiro atoms. The molecule has 19 heavy (non-hydrogen) atoms. The third-order valence-electron chi connectivity index (χ3n) is 3.32. The Labute approximate surface area is 113 Å². The van der Waals surface area contributed by atoms with E-state index in [1.54, 1.807) is 25.3 Å². The molecule has 0 aromatic carbocycles. The fourth-order valence-electron chi connectivity index (χ4n) is 2.25. The summed E-state index contributed by atoms with van der Waals surface area (Å²) < 4.78 is 5.03. The van der Waals surface area contributed by atoms with Crippen molar-refractivity contribution >= 4 is 11.8 Å². The van der Waals surface area contributed by atoms with Crippen LogP contribution in [0.2, 0.25) is 0 Å². The highest BCUT2D eigenvalue weighted by Gasteiger charge is 2.16. The molecule has 1 saturated heterocycles. The van der Waals surface area contributed by atoms with Crippen LogP contribution < -0.4 is 10.6 Å². The van der Waals surface area contributed by atoms with E-state index in [0.29, 0.717) is 23.9 Å². The standard InChI is InChI=1S/C14H21N3O2/c1-2-19-14(18)12-4-3-7-16-13(12)17-10-11-5-8-15-9-6-11/h3-4,7,11,15H,2,5-6,8-10H2,1H3,(H,16,17). The van der Waals surface area contributed by atoms with Gasteiger partial charge in [0, 0.05) is 12.7 Å². The molecule has 0 bridgehead atoms. The Morgan fingerprint density at radius 2 is 2.32 bits per heavy atom. The van der Waals surface area contributed by atoms with E-state index in [2.05, 4.69) is 15.6 Å². The first-order valence-corrected chi connectivity index (χ1v) is 6.88. The van der Waals surface area contributed by atoms with Crippen molar-refractivity contribution in [3.63, 3.8) is 0 Å². The van der Waals surface area contributed by atoms with Crippen molar-refractivity contribution in [2.75, 3.05) is 31.6 Å². The fraction of sp³-hybridized carbons (Fsp3) is 0.571. The summed E-state index contributed by atoms with van der Waals surface area (Å²) in [5, 5.41) is 6.62. The molecule has 1 aromatic heterocycles. The Balaban J connectivity index is 1.97. The molecular formula is C14H21N3O2. The molecule has 5 nitrogen and oxygen atoms in total. The molecule has 0 saturated carbocycles. The minimum atomic E-state index is -0.316. The topological polar surface area (TPSA) is 63.2 Å². The minimum absolute atomic E-state index is 0.316. The predicted molar refractivity (Wildman–Crippen MR) is 74.3 cm³/mol. The van der Waals surface area contributed by atoms with E-state index in [9.17, 15) is 4.79 Å². The molecule has 0 radical (unpaired) electrons. The first-order valence-electron chi connectivity index (χ1n) is 6.88. The van der Waals surface area contributed by atoms with Crippen LogP contribution >= 0.6 is 0 Å². The molecule has 5 heteroatoms. The molecule has 0 amide bonds. The molecule has 1 fully saturated rings. The molecule has 2 N–H and O–H groups in total. The molecule has 2 heterocycles. The molecule has 1 aromatic rings. The van der Waals surface area contributed by atoms with E-state index >= 15 is 0 Å². The Bertz CT molecular complexity index is 417. The Morgan fingerprint density at radius 3 is 3.05 bits per heavy atom. The average Bonchev–Trinajstić information content (AvgIpc) is 2.47. The number of aromatic nitrogens is 1. The van der Waals surface area contributed by atoms with Gasteiger partial charge >= 0.3 is 5.97 Å². The number of ether oxygens (including phenoxy) is 1. The zero-order chi connectivity index (χ0) is 13.5. The average molecular weight is 263 g/mol. The second-order valence-electron chi connectivity index (χ2n) is 4.69. The lowest BCUT2D eigenvalue weighted by Gasteiger charge is -2.23. The van der Waals surface area contributed by atoms with Gasteiger partial charge in [-0.2, -0.15) is 0 Å². The lowest BCUT2D eigenvalue weighted by molar-refractivity contribution is 0.0527. The van der Waals surface area contributed by atoms with E-state index in [-0.39, 0.29) is 5.97 Å². The number of rotatable bonds is 5.